The van der Waals surface area contributed by atoms with Crippen LogP contribution in [0.15, 0.2) is 41.3 Å². The first-order chi connectivity index (χ1) is 13.6. The fourth-order valence-corrected chi connectivity index (χ4v) is 3.61. The number of pyridine rings is 1. The number of carbonyl (C=O) groups is 1. The van der Waals surface area contributed by atoms with Crippen LogP contribution in [0.1, 0.15) is 36.9 Å². The second-order valence-electron chi connectivity index (χ2n) is 7.38. The molecule has 2 heterocycles. The Morgan fingerprint density at radius 1 is 1.14 bits per heavy atom. The zero-order valence-electron chi connectivity index (χ0n) is 16.7. The average Bonchev–Trinajstić information content (AvgIpc) is 2.94. The molecule has 1 fully saturated rings. The Bertz CT molecular complexity index is 868. The third-order valence-corrected chi connectivity index (χ3v) is 5.22. The summed E-state index contributed by atoms with van der Waals surface area (Å²) in [7, 11) is 1.48. The van der Waals surface area contributed by atoms with Crippen LogP contribution in [-0.4, -0.2) is 35.6 Å². The molecule has 0 atom stereocenters. The molecular formula is C22H29N3O3. The van der Waals surface area contributed by atoms with Gasteiger partial charge in [-0.1, -0.05) is 31.0 Å². The monoisotopic (exact) mass is 383 g/mol. The molecule has 0 spiro atoms. The van der Waals surface area contributed by atoms with E-state index in [2.05, 4.69) is 10.2 Å². The number of nitrogens with zero attached hydrogens (tertiary/aromatic N) is 2. The normalized spacial score (nSPS) is 15.1. The number of aryl methyl sites for hydroxylation is 1. The lowest BCUT2D eigenvalue weighted by molar-refractivity contribution is -0.116. The van der Waals surface area contributed by atoms with Gasteiger partial charge in [0.1, 0.15) is 6.54 Å². The Hall–Kier alpha value is -2.60. The summed E-state index contributed by atoms with van der Waals surface area (Å²) in [6, 6.07) is 9.29. The maximum absolute atomic E-state index is 12.7. The number of carbonyl (C=O) groups excluding carboxylic acids is 1. The second kappa shape index (κ2) is 9.55. The van der Waals surface area contributed by atoms with Crippen molar-refractivity contribution in [1.29, 1.82) is 0 Å². The van der Waals surface area contributed by atoms with E-state index in [9.17, 15) is 9.59 Å². The minimum absolute atomic E-state index is 0.128. The molecule has 1 aromatic heterocycles. The Balaban J connectivity index is 1.80. The molecule has 0 saturated carbocycles. The number of benzene rings is 1. The van der Waals surface area contributed by atoms with Gasteiger partial charge in [-0.05, 0) is 44.5 Å². The van der Waals surface area contributed by atoms with E-state index in [4.69, 9.17) is 4.74 Å². The average molecular weight is 383 g/mol. The van der Waals surface area contributed by atoms with Gasteiger partial charge in [0.05, 0.1) is 13.3 Å². The van der Waals surface area contributed by atoms with Crippen LogP contribution in [-0.2, 0) is 17.9 Å². The van der Waals surface area contributed by atoms with Crippen molar-refractivity contribution in [3.63, 3.8) is 0 Å². The number of para-hydroxylation sites is 1. The van der Waals surface area contributed by atoms with Crippen molar-refractivity contribution in [3.05, 3.63) is 58.0 Å². The number of nitrogens with one attached hydrogen (secondary N) is 1. The van der Waals surface area contributed by atoms with Crippen molar-refractivity contribution >= 4 is 11.6 Å². The summed E-state index contributed by atoms with van der Waals surface area (Å²) < 4.78 is 7.02. The number of ether oxygens (including phenoxy) is 1. The molecule has 1 aromatic carbocycles. The highest BCUT2D eigenvalue weighted by Gasteiger charge is 2.15. The highest BCUT2D eigenvalue weighted by Crippen LogP contribution is 2.16. The number of hydrogen-bond acceptors (Lipinski definition) is 4. The van der Waals surface area contributed by atoms with Gasteiger partial charge in [0, 0.05) is 24.0 Å². The van der Waals surface area contributed by atoms with Gasteiger partial charge in [0.2, 0.25) is 11.3 Å². The van der Waals surface area contributed by atoms with Crippen LogP contribution in [0.25, 0.3) is 0 Å². The van der Waals surface area contributed by atoms with Crippen LogP contribution in [0, 0.1) is 6.92 Å². The fraction of sp³-hybridized carbons (Fsp3) is 0.455. The van der Waals surface area contributed by atoms with Crippen molar-refractivity contribution in [3.8, 4) is 5.75 Å². The first kappa shape index (κ1) is 20.1. The van der Waals surface area contributed by atoms with Crippen LogP contribution >= 0.6 is 0 Å². The summed E-state index contributed by atoms with van der Waals surface area (Å²) >= 11 is 0. The van der Waals surface area contributed by atoms with Gasteiger partial charge in [0.25, 0.3) is 0 Å². The first-order valence-electron chi connectivity index (χ1n) is 9.92. The molecule has 0 radical (unpaired) electrons. The van der Waals surface area contributed by atoms with E-state index in [1.165, 1.54) is 32.8 Å². The van der Waals surface area contributed by atoms with Crippen molar-refractivity contribution < 1.29 is 9.53 Å². The van der Waals surface area contributed by atoms with E-state index in [1.54, 1.807) is 12.3 Å². The number of aromatic nitrogens is 1. The minimum Gasteiger partial charge on any atom is -0.491 e. The number of hydrogen-bond donors (Lipinski definition) is 1. The summed E-state index contributed by atoms with van der Waals surface area (Å²) in [6.07, 6.45) is 6.50. The van der Waals surface area contributed by atoms with Crippen LogP contribution in [0.5, 0.6) is 5.75 Å². The maximum atomic E-state index is 12.7. The van der Waals surface area contributed by atoms with Gasteiger partial charge in [-0.3, -0.25) is 14.5 Å². The molecule has 0 aliphatic carbocycles. The molecule has 28 heavy (non-hydrogen) atoms. The highest BCUT2D eigenvalue weighted by atomic mass is 16.5. The topological polar surface area (TPSA) is 63.6 Å². The van der Waals surface area contributed by atoms with Crippen LogP contribution in [0.4, 0.5) is 5.69 Å². The molecule has 0 bridgehead atoms. The van der Waals surface area contributed by atoms with Gasteiger partial charge in [-0.25, -0.2) is 0 Å². The molecule has 6 nitrogen and oxygen atoms in total. The second-order valence-corrected chi connectivity index (χ2v) is 7.38. The lowest BCUT2D eigenvalue weighted by atomic mass is 10.2. The summed E-state index contributed by atoms with van der Waals surface area (Å²) in [5.74, 6) is 0.125. The molecule has 1 aliphatic heterocycles. The van der Waals surface area contributed by atoms with E-state index in [1.807, 2.05) is 35.8 Å². The first-order valence-corrected chi connectivity index (χ1v) is 9.92. The van der Waals surface area contributed by atoms with Gasteiger partial charge >= 0.3 is 0 Å². The van der Waals surface area contributed by atoms with E-state index in [-0.39, 0.29) is 23.6 Å². The molecule has 1 saturated heterocycles. The van der Waals surface area contributed by atoms with E-state index < -0.39 is 0 Å². The Labute approximate surface area is 166 Å². The predicted octanol–water partition coefficient (Wildman–Crippen LogP) is 3.18. The van der Waals surface area contributed by atoms with Crippen LogP contribution in [0.2, 0.25) is 0 Å². The van der Waals surface area contributed by atoms with Gasteiger partial charge in [-0.15, -0.1) is 0 Å². The Morgan fingerprint density at radius 3 is 2.54 bits per heavy atom. The maximum Gasteiger partial charge on any atom is 0.244 e. The largest absolute Gasteiger partial charge is 0.491 e. The zero-order valence-corrected chi connectivity index (χ0v) is 16.7. The summed E-state index contributed by atoms with van der Waals surface area (Å²) in [5.41, 5.74) is 2.50. The number of likely N-dealkylation sites (tertiary alicyclic amines) is 1. The SMILES string of the molecule is COc1cn(CC(=O)Nc2ccccc2C)c(CN2CCCCCC2)cc1=O. The molecule has 150 valence electrons. The molecule has 1 amide bonds. The van der Waals surface area contributed by atoms with Crippen LogP contribution in [0.3, 0.4) is 0 Å². The molecule has 2 aromatic rings. The van der Waals surface area contributed by atoms with Gasteiger partial charge < -0.3 is 14.6 Å². The highest BCUT2D eigenvalue weighted by molar-refractivity contribution is 5.91. The standard InChI is InChI=1S/C22H29N3O3/c1-17-9-5-6-10-19(17)23-22(27)16-25-15-21(28-2)20(26)13-18(25)14-24-11-7-3-4-8-12-24/h5-6,9-10,13,15H,3-4,7-8,11-12,14,16H2,1-2H3,(H,23,27). The summed E-state index contributed by atoms with van der Waals surface area (Å²) in [6.45, 7) is 4.80. The third kappa shape index (κ3) is 5.23. The van der Waals surface area contributed by atoms with Crippen molar-refractivity contribution in [2.24, 2.45) is 0 Å². The Kier molecular flexibility index (Phi) is 6.87. The van der Waals surface area contributed by atoms with E-state index in [0.717, 1.165) is 30.0 Å². The molecule has 0 unspecified atom stereocenters. The number of methoxy groups -OCH3 is 1. The Morgan fingerprint density at radius 2 is 1.86 bits per heavy atom. The lowest BCUT2D eigenvalue weighted by Crippen LogP contribution is -2.29. The molecular weight excluding hydrogens is 354 g/mol. The summed E-state index contributed by atoms with van der Waals surface area (Å²) in [5, 5.41) is 2.96. The number of rotatable bonds is 6. The molecule has 6 heteroatoms. The smallest absolute Gasteiger partial charge is 0.244 e. The quantitative estimate of drug-likeness (QED) is 0.832. The molecule has 1 N–H and O–H groups in total. The fourth-order valence-electron chi connectivity index (χ4n) is 3.61. The number of anilines is 1. The van der Waals surface area contributed by atoms with E-state index >= 15 is 0 Å². The van der Waals surface area contributed by atoms with Crippen LogP contribution < -0.4 is 15.5 Å². The van der Waals surface area contributed by atoms with Crippen molar-refractivity contribution in [1.82, 2.24) is 9.47 Å². The van der Waals surface area contributed by atoms with Gasteiger partial charge in [0.15, 0.2) is 5.75 Å². The van der Waals surface area contributed by atoms with Gasteiger partial charge in [-0.2, -0.15) is 0 Å². The third-order valence-electron chi connectivity index (χ3n) is 5.22. The summed E-state index contributed by atoms with van der Waals surface area (Å²) in [4.78, 5) is 27.3. The lowest BCUT2D eigenvalue weighted by Gasteiger charge is -2.23. The minimum atomic E-state index is -0.150. The predicted molar refractivity (Wildman–Crippen MR) is 111 cm³/mol. The van der Waals surface area contributed by atoms with Crippen molar-refractivity contribution in [2.45, 2.75) is 45.7 Å². The zero-order chi connectivity index (χ0) is 19.9. The number of amides is 1. The van der Waals surface area contributed by atoms with E-state index in [0.29, 0.717) is 6.54 Å². The van der Waals surface area contributed by atoms with Crippen molar-refractivity contribution in [2.75, 3.05) is 25.5 Å². The molecule has 3 rings (SSSR count). The molecule has 1 aliphatic rings.